The van der Waals surface area contributed by atoms with E-state index in [-0.39, 0.29) is 4.47 Å². The van der Waals surface area contributed by atoms with E-state index in [1.807, 2.05) is 28.8 Å². The molecule has 1 heterocycles. The SMILES string of the molecule is O=P(O)(O)C(F)(F)c1ccc(Cn2cnc3ccccc32)cc1Br. The van der Waals surface area contributed by atoms with Crippen molar-refractivity contribution in [3.8, 4) is 0 Å². The highest BCUT2D eigenvalue weighted by Gasteiger charge is 2.51. The molecule has 2 N–H and O–H groups in total. The van der Waals surface area contributed by atoms with Crippen molar-refractivity contribution in [2.45, 2.75) is 12.2 Å². The molecular formula is C15H12BrF2N2O3P. The number of nitrogens with zero attached hydrogens (tertiary/aromatic N) is 2. The van der Waals surface area contributed by atoms with Crippen LogP contribution in [0, 0.1) is 0 Å². The van der Waals surface area contributed by atoms with Gasteiger partial charge in [0, 0.05) is 16.6 Å². The highest BCUT2D eigenvalue weighted by atomic mass is 79.9. The first-order valence-corrected chi connectivity index (χ1v) is 9.23. The molecule has 0 spiro atoms. The zero-order valence-corrected chi connectivity index (χ0v) is 14.6. The Labute approximate surface area is 144 Å². The number of fused-ring (bicyclic) bond motifs is 1. The van der Waals surface area contributed by atoms with E-state index in [1.165, 1.54) is 12.1 Å². The molecule has 0 atom stereocenters. The molecule has 0 fully saturated rings. The third kappa shape index (κ3) is 3.02. The monoisotopic (exact) mass is 416 g/mol. The second-order valence-corrected chi connectivity index (χ2v) is 7.76. The molecule has 5 nitrogen and oxygen atoms in total. The van der Waals surface area contributed by atoms with Crippen LogP contribution in [-0.2, 0) is 16.8 Å². The Morgan fingerprint density at radius 2 is 1.92 bits per heavy atom. The van der Waals surface area contributed by atoms with Gasteiger partial charge in [-0.05, 0) is 23.8 Å². The summed E-state index contributed by atoms with van der Waals surface area (Å²) in [6.45, 7) is 0.390. The fourth-order valence-electron chi connectivity index (χ4n) is 2.39. The van der Waals surface area contributed by atoms with Crippen LogP contribution >= 0.6 is 23.5 Å². The van der Waals surface area contributed by atoms with Crippen molar-refractivity contribution >= 4 is 34.6 Å². The van der Waals surface area contributed by atoms with Crippen molar-refractivity contribution in [3.63, 3.8) is 0 Å². The average Bonchev–Trinajstić information content (AvgIpc) is 2.89. The van der Waals surface area contributed by atoms with E-state index in [9.17, 15) is 13.3 Å². The summed E-state index contributed by atoms with van der Waals surface area (Å²) >= 11 is 2.98. The molecule has 0 saturated heterocycles. The Kier molecular flexibility index (Phi) is 4.34. The van der Waals surface area contributed by atoms with Crippen LogP contribution in [0.15, 0.2) is 53.3 Å². The summed E-state index contributed by atoms with van der Waals surface area (Å²) in [5.41, 5.74) is -2.57. The number of imidazole rings is 1. The predicted molar refractivity (Wildman–Crippen MR) is 88.9 cm³/mol. The molecule has 9 heteroatoms. The van der Waals surface area contributed by atoms with Crippen LogP contribution in [0.5, 0.6) is 0 Å². The first kappa shape index (κ1) is 17.2. The normalized spacial score (nSPS) is 12.7. The highest BCUT2D eigenvalue weighted by molar-refractivity contribution is 9.10. The van der Waals surface area contributed by atoms with Gasteiger partial charge in [-0.15, -0.1) is 0 Å². The Morgan fingerprint density at radius 1 is 1.21 bits per heavy atom. The number of benzene rings is 2. The number of halogens is 3. The Bertz CT molecular complexity index is 955. The van der Waals surface area contributed by atoms with Crippen molar-refractivity contribution in [1.29, 1.82) is 0 Å². The van der Waals surface area contributed by atoms with Gasteiger partial charge in [-0.2, -0.15) is 8.78 Å². The maximum absolute atomic E-state index is 13.8. The molecule has 24 heavy (non-hydrogen) atoms. The summed E-state index contributed by atoms with van der Waals surface area (Å²) in [5, 5.41) is 0. The summed E-state index contributed by atoms with van der Waals surface area (Å²) in [6.07, 6.45) is 1.65. The lowest BCUT2D eigenvalue weighted by Gasteiger charge is -2.19. The third-order valence-corrected chi connectivity index (χ3v) is 5.23. The van der Waals surface area contributed by atoms with Gasteiger partial charge in [0.15, 0.2) is 0 Å². The zero-order chi connectivity index (χ0) is 17.5. The number of para-hydroxylation sites is 2. The van der Waals surface area contributed by atoms with Crippen molar-refractivity contribution in [1.82, 2.24) is 9.55 Å². The van der Waals surface area contributed by atoms with Gasteiger partial charge < -0.3 is 14.4 Å². The Morgan fingerprint density at radius 3 is 2.58 bits per heavy atom. The van der Waals surface area contributed by atoms with E-state index in [1.54, 1.807) is 6.33 Å². The van der Waals surface area contributed by atoms with Crippen molar-refractivity contribution in [2.75, 3.05) is 0 Å². The lowest BCUT2D eigenvalue weighted by Crippen LogP contribution is -2.14. The fourth-order valence-corrected chi connectivity index (χ4v) is 3.73. The van der Waals surface area contributed by atoms with Crippen molar-refractivity contribution < 1.29 is 23.1 Å². The van der Waals surface area contributed by atoms with Gasteiger partial charge in [0.05, 0.1) is 17.4 Å². The molecule has 0 aliphatic rings. The predicted octanol–water partition coefficient (Wildman–Crippen LogP) is 4.07. The van der Waals surface area contributed by atoms with Crippen LogP contribution in [-0.4, -0.2) is 19.3 Å². The van der Waals surface area contributed by atoms with E-state index in [0.717, 1.165) is 17.1 Å². The van der Waals surface area contributed by atoms with E-state index in [4.69, 9.17) is 9.79 Å². The fraction of sp³-hybridized carbons (Fsp3) is 0.133. The van der Waals surface area contributed by atoms with Gasteiger partial charge in [0.2, 0.25) is 0 Å². The number of rotatable bonds is 4. The maximum Gasteiger partial charge on any atom is 0.399 e. The summed E-state index contributed by atoms with van der Waals surface area (Å²) in [4.78, 5) is 21.9. The maximum atomic E-state index is 13.8. The molecule has 0 bridgehead atoms. The zero-order valence-electron chi connectivity index (χ0n) is 12.1. The molecule has 3 rings (SSSR count). The van der Waals surface area contributed by atoms with Gasteiger partial charge in [-0.1, -0.05) is 40.2 Å². The Balaban J connectivity index is 1.95. The number of alkyl halides is 2. The molecule has 3 aromatic rings. The summed E-state index contributed by atoms with van der Waals surface area (Å²) in [5.74, 6) is 0. The standard InChI is InChI=1S/C15H12BrF2N2O3P/c16-12-7-10(5-6-11(12)15(17,18)24(21,22)23)8-20-9-19-13-3-1-2-4-14(13)20/h1-7,9H,8H2,(H2,21,22,23). The average molecular weight is 417 g/mol. The van der Waals surface area contributed by atoms with Crippen LogP contribution in [0.4, 0.5) is 8.78 Å². The second kappa shape index (κ2) is 6.04. The minimum absolute atomic E-state index is 0.0576. The lowest BCUT2D eigenvalue weighted by atomic mass is 10.1. The van der Waals surface area contributed by atoms with E-state index in [2.05, 4.69) is 20.9 Å². The topological polar surface area (TPSA) is 75.3 Å². The molecule has 0 unspecified atom stereocenters. The molecule has 0 saturated carbocycles. The van der Waals surface area contributed by atoms with Crippen molar-refractivity contribution in [2.24, 2.45) is 0 Å². The van der Waals surface area contributed by atoms with E-state index in [0.29, 0.717) is 12.1 Å². The van der Waals surface area contributed by atoms with Gasteiger partial charge >= 0.3 is 13.3 Å². The van der Waals surface area contributed by atoms with Gasteiger partial charge in [-0.25, -0.2) is 4.98 Å². The molecule has 0 aliphatic carbocycles. The quantitative estimate of drug-likeness (QED) is 0.628. The molecule has 126 valence electrons. The van der Waals surface area contributed by atoms with Crippen molar-refractivity contribution in [3.05, 3.63) is 64.4 Å². The molecular weight excluding hydrogens is 405 g/mol. The number of hydrogen-bond donors (Lipinski definition) is 2. The molecule has 2 aromatic carbocycles. The van der Waals surface area contributed by atoms with Crippen LogP contribution in [0.25, 0.3) is 11.0 Å². The van der Waals surface area contributed by atoms with Gasteiger partial charge in [-0.3, -0.25) is 4.57 Å². The molecule has 0 aliphatic heterocycles. The van der Waals surface area contributed by atoms with Crippen LogP contribution in [0.1, 0.15) is 11.1 Å². The molecule has 1 aromatic heterocycles. The number of aromatic nitrogens is 2. The van der Waals surface area contributed by atoms with Crippen LogP contribution in [0.2, 0.25) is 0 Å². The van der Waals surface area contributed by atoms with Gasteiger partial charge in [0.1, 0.15) is 0 Å². The van der Waals surface area contributed by atoms with Crippen LogP contribution in [0.3, 0.4) is 0 Å². The van der Waals surface area contributed by atoms with Gasteiger partial charge in [0.25, 0.3) is 0 Å². The minimum atomic E-state index is -5.60. The third-order valence-electron chi connectivity index (χ3n) is 3.60. The lowest BCUT2D eigenvalue weighted by molar-refractivity contribution is 0.0557. The molecule has 0 amide bonds. The van der Waals surface area contributed by atoms with Crippen LogP contribution < -0.4 is 0 Å². The number of hydrogen-bond acceptors (Lipinski definition) is 2. The second-order valence-electron chi connectivity index (χ2n) is 5.26. The molecule has 0 radical (unpaired) electrons. The van der Waals surface area contributed by atoms with E-state index >= 15 is 0 Å². The minimum Gasteiger partial charge on any atom is -0.326 e. The highest BCUT2D eigenvalue weighted by Crippen LogP contribution is 2.60. The first-order valence-electron chi connectivity index (χ1n) is 6.82. The first-order chi connectivity index (χ1) is 11.2. The smallest absolute Gasteiger partial charge is 0.326 e. The summed E-state index contributed by atoms with van der Waals surface area (Å²) < 4.78 is 40.5. The van der Waals surface area contributed by atoms with E-state index < -0.39 is 18.8 Å². The Hall–Kier alpha value is -1.60. The summed E-state index contributed by atoms with van der Waals surface area (Å²) in [7, 11) is -5.60. The largest absolute Gasteiger partial charge is 0.399 e. The summed E-state index contributed by atoms with van der Waals surface area (Å²) in [6, 6.07) is 11.4.